The topological polar surface area (TPSA) is 75.0 Å². The molecule has 0 saturated carbocycles. The Morgan fingerprint density at radius 2 is 1.71 bits per heavy atom. The zero-order valence-corrected chi connectivity index (χ0v) is 11.9. The second kappa shape index (κ2) is 5.48. The highest BCUT2D eigenvalue weighted by Crippen LogP contribution is 2.30. The van der Waals surface area contributed by atoms with Crippen LogP contribution in [0.3, 0.4) is 0 Å². The van der Waals surface area contributed by atoms with Crippen LogP contribution >= 0.6 is 0 Å². The molecule has 8 heteroatoms. The van der Waals surface area contributed by atoms with Crippen LogP contribution in [0.15, 0.2) is 53.3 Å². The minimum atomic E-state index is -4.60. The molecule has 0 bridgehead atoms. The fourth-order valence-electron chi connectivity index (χ4n) is 2.33. The van der Waals surface area contributed by atoms with E-state index in [4.69, 9.17) is 0 Å². The summed E-state index contributed by atoms with van der Waals surface area (Å²) in [5.41, 5.74) is -2.42. The van der Waals surface area contributed by atoms with E-state index in [0.717, 1.165) is 18.2 Å². The summed E-state index contributed by atoms with van der Waals surface area (Å²) in [5.74, 6) is -1.63. The Hall–Kier alpha value is -3.16. The summed E-state index contributed by atoms with van der Waals surface area (Å²) in [6.07, 6.45) is -4.60. The van der Waals surface area contributed by atoms with Gasteiger partial charge in [0.2, 0.25) is 0 Å². The summed E-state index contributed by atoms with van der Waals surface area (Å²) in [4.78, 5) is 23.7. The van der Waals surface area contributed by atoms with E-state index in [-0.39, 0.29) is 16.5 Å². The SMILES string of the molecule is O=C([O-])c1nn(-c2cccc(C(F)(F)F)c2)c(=O)c2ccccc12. The van der Waals surface area contributed by atoms with E-state index in [9.17, 15) is 27.9 Å². The van der Waals surface area contributed by atoms with Crippen LogP contribution < -0.4 is 10.7 Å². The molecule has 3 rings (SSSR count). The zero-order valence-electron chi connectivity index (χ0n) is 11.9. The van der Waals surface area contributed by atoms with Gasteiger partial charge in [-0.1, -0.05) is 24.3 Å². The van der Waals surface area contributed by atoms with Gasteiger partial charge in [0.25, 0.3) is 5.56 Å². The first kappa shape index (κ1) is 15.7. The second-order valence-corrected chi connectivity index (χ2v) is 4.95. The first-order chi connectivity index (χ1) is 11.3. The number of carbonyl (C=O) groups is 1. The monoisotopic (exact) mass is 333 g/mol. The molecule has 0 radical (unpaired) electrons. The summed E-state index contributed by atoms with van der Waals surface area (Å²) in [6.45, 7) is 0. The lowest BCUT2D eigenvalue weighted by atomic mass is 10.1. The van der Waals surface area contributed by atoms with Gasteiger partial charge in [-0.3, -0.25) is 4.79 Å². The average molecular weight is 333 g/mol. The smallest absolute Gasteiger partial charge is 0.416 e. The number of carbonyl (C=O) groups excluding carboxylic acids is 1. The molecule has 3 aromatic rings. The van der Waals surface area contributed by atoms with Crippen molar-refractivity contribution in [3.05, 3.63) is 70.1 Å². The van der Waals surface area contributed by atoms with Crippen molar-refractivity contribution in [3.8, 4) is 5.69 Å². The molecular weight excluding hydrogens is 325 g/mol. The molecule has 0 saturated heterocycles. The fraction of sp³-hybridized carbons (Fsp3) is 0.0625. The van der Waals surface area contributed by atoms with E-state index >= 15 is 0 Å². The maximum absolute atomic E-state index is 12.8. The predicted molar refractivity (Wildman–Crippen MR) is 76.7 cm³/mol. The van der Waals surface area contributed by atoms with Crippen LogP contribution in [0.5, 0.6) is 0 Å². The van der Waals surface area contributed by atoms with Gasteiger partial charge >= 0.3 is 6.18 Å². The van der Waals surface area contributed by atoms with E-state index in [0.29, 0.717) is 4.68 Å². The second-order valence-electron chi connectivity index (χ2n) is 4.95. The van der Waals surface area contributed by atoms with Crippen molar-refractivity contribution in [3.63, 3.8) is 0 Å². The molecule has 0 aliphatic rings. The van der Waals surface area contributed by atoms with Gasteiger partial charge in [0.1, 0.15) is 5.69 Å². The number of hydrogen-bond donors (Lipinski definition) is 0. The van der Waals surface area contributed by atoms with Gasteiger partial charge in [0.05, 0.1) is 22.6 Å². The van der Waals surface area contributed by atoms with Crippen LogP contribution in [0.2, 0.25) is 0 Å². The third-order valence-electron chi connectivity index (χ3n) is 3.42. The van der Waals surface area contributed by atoms with E-state index in [1.807, 2.05) is 0 Å². The molecule has 0 fully saturated rings. The Kier molecular flexibility index (Phi) is 3.59. The largest absolute Gasteiger partial charge is 0.543 e. The summed E-state index contributed by atoms with van der Waals surface area (Å²) >= 11 is 0. The number of fused-ring (bicyclic) bond motifs is 1. The first-order valence-electron chi connectivity index (χ1n) is 6.70. The van der Waals surface area contributed by atoms with Crippen LogP contribution in [0.4, 0.5) is 13.2 Å². The van der Waals surface area contributed by atoms with Crippen molar-refractivity contribution in [1.82, 2.24) is 9.78 Å². The van der Waals surface area contributed by atoms with Gasteiger partial charge < -0.3 is 9.90 Å². The van der Waals surface area contributed by atoms with Gasteiger partial charge in [0.15, 0.2) is 0 Å². The highest BCUT2D eigenvalue weighted by Gasteiger charge is 2.30. The molecule has 122 valence electrons. The Labute approximate surface area is 132 Å². The molecule has 24 heavy (non-hydrogen) atoms. The molecule has 0 aliphatic heterocycles. The number of hydrogen-bond acceptors (Lipinski definition) is 4. The molecule has 0 spiro atoms. The van der Waals surface area contributed by atoms with Crippen molar-refractivity contribution in [2.24, 2.45) is 0 Å². The number of carboxylic acid groups (broad SMARTS) is 1. The third kappa shape index (κ3) is 2.62. The van der Waals surface area contributed by atoms with Crippen LogP contribution in [-0.4, -0.2) is 15.7 Å². The van der Waals surface area contributed by atoms with Crippen LogP contribution in [-0.2, 0) is 6.18 Å². The maximum Gasteiger partial charge on any atom is 0.416 e. The number of carboxylic acids is 1. The Morgan fingerprint density at radius 3 is 2.33 bits per heavy atom. The minimum Gasteiger partial charge on any atom is -0.543 e. The summed E-state index contributed by atoms with van der Waals surface area (Å²) in [5, 5.41) is 15.0. The number of aromatic nitrogens is 2. The first-order valence-corrected chi connectivity index (χ1v) is 6.70. The zero-order chi connectivity index (χ0) is 17.5. The van der Waals surface area contributed by atoms with E-state index < -0.39 is 29.0 Å². The Morgan fingerprint density at radius 1 is 1.04 bits per heavy atom. The Bertz CT molecular complexity index is 1010. The fourth-order valence-corrected chi connectivity index (χ4v) is 2.33. The summed E-state index contributed by atoms with van der Waals surface area (Å²) in [7, 11) is 0. The lowest BCUT2D eigenvalue weighted by Gasteiger charge is -2.13. The van der Waals surface area contributed by atoms with Gasteiger partial charge in [-0.2, -0.15) is 23.0 Å². The number of halogens is 3. The van der Waals surface area contributed by atoms with Crippen LogP contribution in [0.25, 0.3) is 16.5 Å². The lowest BCUT2D eigenvalue weighted by Crippen LogP contribution is -2.30. The van der Waals surface area contributed by atoms with Gasteiger partial charge in [-0.15, -0.1) is 0 Å². The lowest BCUT2D eigenvalue weighted by molar-refractivity contribution is -0.255. The molecule has 0 amide bonds. The average Bonchev–Trinajstić information content (AvgIpc) is 2.54. The van der Waals surface area contributed by atoms with E-state index in [1.54, 1.807) is 0 Å². The normalized spacial score (nSPS) is 11.6. The molecule has 0 atom stereocenters. The van der Waals surface area contributed by atoms with Crippen molar-refractivity contribution >= 4 is 16.7 Å². The summed E-state index contributed by atoms with van der Waals surface area (Å²) in [6, 6.07) is 9.69. The number of rotatable bonds is 2. The third-order valence-corrected chi connectivity index (χ3v) is 3.42. The quantitative estimate of drug-likeness (QED) is 0.716. The van der Waals surface area contributed by atoms with Gasteiger partial charge in [0, 0.05) is 5.39 Å². The summed E-state index contributed by atoms with van der Waals surface area (Å²) < 4.78 is 39.1. The standard InChI is InChI=1S/C16H9F3N2O3/c17-16(18,19)9-4-3-5-10(8-9)21-14(22)12-7-2-1-6-11(12)13(20-21)15(23)24/h1-8H,(H,23,24)/p-1. The molecular formula is C16H8F3N2O3-. The predicted octanol–water partition coefficient (Wildman–Crippen LogP) is 1.77. The molecule has 1 aromatic heterocycles. The van der Waals surface area contributed by atoms with E-state index in [2.05, 4.69) is 5.10 Å². The van der Waals surface area contributed by atoms with Crippen molar-refractivity contribution < 1.29 is 23.1 Å². The minimum absolute atomic E-state index is 0.0177. The molecule has 5 nitrogen and oxygen atoms in total. The molecule has 0 N–H and O–H groups in total. The highest BCUT2D eigenvalue weighted by atomic mass is 19.4. The number of nitrogens with zero attached hydrogens (tertiary/aromatic N) is 2. The van der Waals surface area contributed by atoms with Crippen molar-refractivity contribution in [1.29, 1.82) is 0 Å². The molecule has 1 heterocycles. The van der Waals surface area contributed by atoms with E-state index in [1.165, 1.54) is 30.3 Å². The van der Waals surface area contributed by atoms with Crippen molar-refractivity contribution in [2.75, 3.05) is 0 Å². The number of alkyl halides is 3. The number of benzene rings is 2. The number of aromatic carboxylic acids is 1. The molecule has 0 unspecified atom stereocenters. The molecule has 0 aliphatic carbocycles. The molecule has 2 aromatic carbocycles. The van der Waals surface area contributed by atoms with Gasteiger partial charge in [-0.25, -0.2) is 0 Å². The highest BCUT2D eigenvalue weighted by molar-refractivity contribution is 6.00. The van der Waals surface area contributed by atoms with Gasteiger partial charge in [-0.05, 0) is 24.3 Å². The maximum atomic E-state index is 12.8. The van der Waals surface area contributed by atoms with Crippen LogP contribution in [0.1, 0.15) is 16.1 Å². The van der Waals surface area contributed by atoms with Crippen molar-refractivity contribution in [2.45, 2.75) is 6.18 Å². The van der Waals surface area contributed by atoms with Crippen LogP contribution in [0, 0.1) is 0 Å². The Balaban J connectivity index is 2.34.